The number of methoxy groups -OCH3 is 1. The van der Waals surface area contributed by atoms with E-state index in [0.717, 1.165) is 0 Å². The Morgan fingerprint density at radius 1 is 1.47 bits per heavy atom. The monoisotopic (exact) mass is 216 g/mol. The number of amides is 1. The zero-order chi connectivity index (χ0) is 12.1. The molecule has 1 unspecified atom stereocenters. The summed E-state index contributed by atoms with van der Waals surface area (Å²) >= 11 is 0. The van der Waals surface area contributed by atoms with E-state index in [4.69, 9.17) is 10.5 Å². The third-order valence-electron chi connectivity index (χ3n) is 2.00. The van der Waals surface area contributed by atoms with Gasteiger partial charge in [-0.25, -0.2) is 0 Å². The molecule has 0 saturated carbocycles. The molecule has 0 radical (unpaired) electrons. The Morgan fingerprint density at radius 2 is 2.00 bits per heavy atom. The lowest BCUT2D eigenvalue weighted by Gasteiger charge is -2.25. The Bertz CT molecular complexity index is 199. The Kier molecular flexibility index (Phi) is 5.83. The quantitative estimate of drug-likeness (QED) is 0.741. The molecule has 0 fully saturated rings. The highest BCUT2D eigenvalue weighted by Crippen LogP contribution is 2.19. The van der Waals surface area contributed by atoms with Crippen LogP contribution in [-0.4, -0.2) is 44.2 Å². The molecule has 0 heterocycles. The summed E-state index contributed by atoms with van der Waals surface area (Å²) in [6, 6.07) is -0.107. The van der Waals surface area contributed by atoms with E-state index in [1.807, 2.05) is 20.8 Å². The number of nitrogens with two attached hydrogens (primary N) is 1. The van der Waals surface area contributed by atoms with Crippen molar-refractivity contribution >= 4 is 5.91 Å². The molecule has 15 heavy (non-hydrogen) atoms. The molecule has 0 aliphatic heterocycles. The summed E-state index contributed by atoms with van der Waals surface area (Å²) in [6.07, 6.45) is 0.545. The molecule has 0 saturated heterocycles. The van der Waals surface area contributed by atoms with E-state index in [-0.39, 0.29) is 17.4 Å². The average molecular weight is 216 g/mol. The lowest BCUT2D eigenvalue weighted by molar-refractivity contribution is -0.132. The van der Waals surface area contributed by atoms with Crippen molar-refractivity contribution in [1.29, 1.82) is 0 Å². The summed E-state index contributed by atoms with van der Waals surface area (Å²) in [5, 5.41) is 0. The van der Waals surface area contributed by atoms with E-state index in [1.165, 1.54) is 0 Å². The van der Waals surface area contributed by atoms with Crippen molar-refractivity contribution in [3.8, 4) is 0 Å². The minimum absolute atomic E-state index is 0.0245. The Morgan fingerprint density at radius 3 is 2.40 bits per heavy atom. The molecule has 0 aliphatic carbocycles. The van der Waals surface area contributed by atoms with Gasteiger partial charge in [-0.05, 0) is 5.41 Å². The van der Waals surface area contributed by atoms with Crippen LogP contribution in [0.1, 0.15) is 27.2 Å². The van der Waals surface area contributed by atoms with E-state index >= 15 is 0 Å². The number of hydrogen-bond donors (Lipinski definition) is 1. The highest BCUT2D eigenvalue weighted by Gasteiger charge is 2.19. The number of carbonyl (C=O) groups excluding carboxylic acids is 1. The molecule has 1 atom stereocenters. The third kappa shape index (κ3) is 7.33. The zero-order valence-electron chi connectivity index (χ0n) is 10.5. The van der Waals surface area contributed by atoms with Crippen LogP contribution in [0.15, 0.2) is 0 Å². The summed E-state index contributed by atoms with van der Waals surface area (Å²) in [4.78, 5) is 13.4. The molecule has 2 N–H and O–H groups in total. The van der Waals surface area contributed by atoms with Gasteiger partial charge in [0, 0.05) is 33.2 Å². The largest absolute Gasteiger partial charge is 0.383 e. The second-order valence-corrected chi connectivity index (χ2v) is 5.23. The van der Waals surface area contributed by atoms with Crippen LogP contribution >= 0.6 is 0 Å². The van der Waals surface area contributed by atoms with E-state index in [2.05, 4.69) is 0 Å². The van der Waals surface area contributed by atoms with E-state index in [1.54, 1.807) is 19.1 Å². The van der Waals surface area contributed by atoms with Crippen LogP contribution in [0.25, 0.3) is 0 Å². The van der Waals surface area contributed by atoms with Gasteiger partial charge in [-0.2, -0.15) is 0 Å². The van der Waals surface area contributed by atoms with Crippen LogP contribution in [0.5, 0.6) is 0 Å². The molecule has 0 aromatic heterocycles. The second kappa shape index (κ2) is 6.08. The SMILES string of the molecule is COCC(N)CN(C)C(=O)CC(C)(C)C. The van der Waals surface area contributed by atoms with Crippen LogP contribution in [0, 0.1) is 5.41 Å². The number of hydrogen-bond acceptors (Lipinski definition) is 3. The Hall–Kier alpha value is -0.610. The molecule has 1 amide bonds. The molecular weight excluding hydrogens is 192 g/mol. The summed E-state index contributed by atoms with van der Waals surface area (Å²) in [6.45, 7) is 7.17. The van der Waals surface area contributed by atoms with Crippen LogP contribution in [0.2, 0.25) is 0 Å². The molecule has 90 valence electrons. The predicted molar refractivity (Wildman–Crippen MR) is 61.6 cm³/mol. The fourth-order valence-corrected chi connectivity index (χ4v) is 1.31. The van der Waals surface area contributed by atoms with Gasteiger partial charge in [-0.1, -0.05) is 20.8 Å². The van der Waals surface area contributed by atoms with E-state index in [0.29, 0.717) is 19.6 Å². The first-order valence-corrected chi connectivity index (χ1v) is 5.25. The van der Waals surface area contributed by atoms with Crippen molar-refractivity contribution in [3.05, 3.63) is 0 Å². The number of ether oxygens (including phenoxy) is 1. The first-order valence-electron chi connectivity index (χ1n) is 5.25. The molecule has 4 heteroatoms. The molecule has 0 aliphatic rings. The van der Waals surface area contributed by atoms with Crippen LogP contribution in [0.3, 0.4) is 0 Å². The van der Waals surface area contributed by atoms with Crippen molar-refractivity contribution in [2.45, 2.75) is 33.2 Å². The first kappa shape index (κ1) is 14.4. The van der Waals surface area contributed by atoms with Gasteiger partial charge in [0.05, 0.1) is 6.61 Å². The van der Waals surface area contributed by atoms with Crippen LogP contribution in [0.4, 0.5) is 0 Å². The number of carbonyl (C=O) groups is 1. The number of nitrogens with zero attached hydrogens (tertiary/aromatic N) is 1. The molecule has 0 aromatic carbocycles. The summed E-state index contributed by atoms with van der Waals surface area (Å²) in [5.74, 6) is 0.133. The Labute approximate surface area is 92.8 Å². The maximum absolute atomic E-state index is 11.7. The van der Waals surface area contributed by atoms with Crippen molar-refractivity contribution in [2.75, 3.05) is 27.3 Å². The topological polar surface area (TPSA) is 55.6 Å². The van der Waals surface area contributed by atoms with Crippen molar-refractivity contribution in [1.82, 2.24) is 4.90 Å². The molecule has 4 nitrogen and oxygen atoms in total. The molecule has 0 bridgehead atoms. The van der Waals surface area contributed by atoms with Gasteiger partial charge in [0.1, 0.15) is 0 Å². The van der Waals surface area contributed by atoms with Gasteiger partial charge in [0.2, 0.25) is 5.91 Å². The minimum Gasteiger partial charge on any atom is -0.383 e. The molecule has 0 rings (SSSR count). The van der Waals surface area contributed by atoms with Crippen molar-refractivity contribution in [3.63, 3.8) is 0 Å². The molecule has 0 aromatic rings. The highest BCUT2D eigenvalue weighted by atomic mass is 16.5. The van der Waals surface area contributed by atoms with Gasteiger partial charge in [0.15, 0.2) is 0 Å². The highest BCUT2D eigenvalue weighted by molar-refractivity contribution is 5.76. The van der Waals surface area contributed by atoms with E-state index < -0.39 is 0 Å². The fourth-order valence-electron chi connectivity index (χ4n) is 1.31. The van der Waals surface area contributed by atoms with Crippen molar-refractivity contribution in [2.24, 2.45) is 11.1 Å². The molecule has 0 spiro atoms. The fraction of sp³-hybridized carbons (Fsp3) is 0.909. The maximum Gasteiger partial charge on any atom is 0.222 e. The van der Waals surface area contributed by atoms with Gasteiger partial charge in [-0.15, -0.1) is 0 Å². The standard InChI is InChI=1S/C11H24N2O2/c1-11(2,3)6-10(14)13(4)7-9(12)8-15-5/h9H,6-8,12H2,1-5H3. The minimum atomic E-state index is -0.107. The molecular formula is C11H24N2O2. The lowest BCUT2D eigenvalue weighted by atomic mass is 9.91. The van der Waals surface area contributed by atoms with Crippen LogP contribution < -0.4 is 5.73 Å². The maximum atomic E-state index is 11.7. The number of rotatable bonds is 5. The lowest BCUT2D eigenvalue weighted by Crippen LogP contribution is -2.42. The van der Waals surface area contributed by atoms with Gasteiger partial charge >= 0.3 is 0 Å². The normalized spacial score (nSPS) is 13.7. The summed E-state index contributed by atoms with van der Waals surface area (Å²) in [7, 11) is 3.39. The Balaban J connectivity index is 3.99. The van der Waals surface area contributed by atoms with Gasteiger partial charge in [-0.3, -0.25) is 4.79 Å². The smallest absolute Gasteiger partial charge is 0.222 e. The summed E-state index contributed by atoms with van der Waals surface area (Å²) < 4.78 is 4.92. The average Bonchev–Trinajstić information content (AvgIpc) is 2.00. The van der Waals surface area contributed by atoms with Gasteiger partial charge in [0.25, 0.3) is 0 Å². The van der Waals surface area contributed by atoms with E-state index in [9.17, 15) is 4.79 Å². The third-order valence-corrected chi connectivity index (χ3v) is 2.00. The van der Waals surface area contributed by atoms with Gasteiger partial charge < -0.3 is 15.4 Å². The number of likely N-dealkylation sites (N-methyl/N-ethyl adjacent to an activating group) is 1. The first-order chi connectivity index (χ1) is 6.76. The summed E-state index contributed by atoms with van der Waals surface area (Å²) in [5.41, 5.74) is 5.79. The zero-order valence-corrected chi connectivity index (χ0v) is 10.5. The predicted octanol–water partition coefficient (Wildman–Crippen LogP) is 0.855. The van der Waals surface area contributed by atoms with Crippen LogP contribution in [-0.2, 0) is 9.53 Å². The van der Waals surface area contributed by atoms with Crippen molar-refractivity contribution < 1.29 is 9.53 Å². The second-order valence-electron chi connectivity index (χ2n) is 5.23.